The molecule has 0 heterocycles. The maximum absolute atomic E-state index is 13.0. The lowest BCUT2D eigenvalue weighted by molar-refractivity contribution is -0.713. The van der Waals surface area contributed by atoms with Crippen LogP contribution in [0.1, 0.15) is 34.3 Å². The van der Waals surface area contributed by atoms with E-state index in [2.05, 4.69) is 54.0 Å². The molecule has 0 aromatic heterocycles. The Kier molecular flexibility index (Phi) is 6.76. The molecule has 0 aliphatic rings. The minimum absolute atomic E-state index is 0.0996. The molecule has 0 bridgehead atoms. The SMILES string of the molecule is CNC(=O)NC(=O)[C@H]([NH2+][C@@H](c1ccccc1)c1ccc(C)cc1)c1ccccc1. The lowest BCUT2D eigenvalue weighted by atomic mass is 9.95. The Balaban J connectivity index is 1.99. The van der Waals surface area contributed by atoms with Crippen molar-refractivity contribution in [1.82, 2.24) is 10.6 Å². The highest BCUT2D eigenvalue weighted by atomic mass is 16.2. The Morgan fingerprint density at radius 3 is 1.83 bits per heavy atom. The molecule has 3 aromatic rings. The number of carbonyl (C=O) groups is 2. The number of hydrogen-bond acceptors (Lipinski definition) is 2. The fourth-order valence-corrected chi connectivity index (χ4v) is 3.30. The summed E-state index contributed by atoms with van der Waals surface area (Å²) >= 11 is 0. The van der Waals surface area contributed by atoms with Crippen LogP contribution in [0.2, 0.25) is 0 Å². The molecule has 0 saturated heterocycles. The standard InChI is InChI=1S/C24H25N3O2/c1-17-13-15-20(16-14-17)21(18-9-5-3-6-10-18)26-22(19-11-7-4-8-12-19)23(28)27-24(29)25-2/h3-16,21-22,26H,1-2H3,(H2,25,27,28,29)/p+1/t21-,22+/m0/s1. The normalized spacial score (nSPS) is 12.6. The maximum Gasteiger partial charge on any atom is 0.321 e. The lowest BCUT2D eigenvalue weighted by Gasteiger charge is -2.23. The van der Waals surface area contributed by atoms with Crippen molar-refractivity contribution < 1.29 is 14.9 Å². The molecular formula is C24H26N3O2+. The quantitative estimate of drug-likeness (QED) is 0.607. The van der Waals surface area contributed by atoms with Gasteiger partial charge in [-0.3, -0.25) is 10.1 Å². The topological polar surface area (TPSA) is 74.8 Å². The third-order valence-corrected chi connectivity index (χ3v) is 4.89. The average Bonchev–Trinajstić information content (AvgIpc) is 2.76. The molecule has 0 saturated carbocycles. The lowest BCUT2D eigenvalue weighted by Crippen LogP contribution is -2.88. The Morgan fingerprint density at radius 1 is 0.759 bits per heavy atom. The Labute approximate surface area is 171 Å². The van der Waals surface area contributed by atoms with Crippen LogP contribution in [-0.2, 0) is 4.79 Å². The Bertz CT molecular complexity index is 941. The number of benzene rings is 3. The van der Waals surface area contributed by atoms with Crippen molar-refractivity contribution in [1.29, 1.82) is 0 Å². The number of hydrogen-bond donors (Lipinski definition) is 3. The molecule has 5 heteroatoms. The van der Waals surface area contributed by atoms with Crippen molar-refractivity contribution in [3.8, 4) is 0 Å². The van der Waals surface area contributed by atoms with Crippen LogP contribution in [0.5, 0.6) is 0 Å². The minimum Gasteiger partial charge on any atom is -0.341 e. The zero-order valence-electron chi connectivity index (χ0n) is 16.6. The van der Waals surface area contributed by atoms with Crippen molar-refractivity contribution in [2.75, 3.05) is 7.05 Å². The van der Waals surface area contributed by atoms with Crippen LogP contribution >= 0.6 is 0 Å². The van der Waals surface area contributed by atoms with Gasteiger partial charge < -0.3 is 10.6 Å². The van der Waals surface area contributed by atoms with Gasteiger partial charge in [0.1, 0.15) is 6.04 Å². The highest BCUT2D eigenvalue weighted by Gasteiger charge is 2.30. The van der Waals surface area contributed by atoms with Gasteiger partial charge in [0.05, 0.1) is 0 Å². The van der Waals surface area contributed by atoms with E-state index in [4.69, 9.17) is 0 Å². The van der Waals surface area contributed by atoms with E-state index in [1.54, 1.807) is 0 Å². The second-order valence-electron chi connectivity index (χ2n) is 6.95. The van der Waals surface area contributed by atoms with E-state index in [1.807, 2.05) is 53.8 Å². The van der Waals surface area contributed by atoms with Gasteiger partial charge in [-0.05, 0) is 6.92 Å². The molecule has 0 spiro atoms. The molecule has 29 heavy (non-hydrogen) atoms. The van der Waals surface area contributed by atoms with Gasteiger partial charge in [-0.1, -0.05) is 90.5 Å². The number of quaternary nitrogens is 1. The summed E-state index contributed by atoms with van der Waals surface area (Å²) in [4.78, 5) is 24.7. The van der Waals surface area contributed by atoms with Crippen molar-refractivity contribution in [3.05, 3.63) is 107 Å². The monoisotopic (exact) mass is 388 g/mol. The zero-order valence-corrected chi connectivity index (χ0v) is 16.6. The zero-order chi connectivity index (χ0) is 20.6. The summed E-state index contributed by atoms with van der Waals surface area (Å²) in [6.45, 7) is 2.05. The molecule has 0 aliphatic heterocycles. The first-order valence-electron chi connectivity index (χ1n) is 9.62. The molecule has 0 radical (unpaired) electrons. The van der Waals surface area contributed by atoms with E-state index in [0.29, 0.717) is 0 Å². The summed E-state index contributed by atoms with van der Waals surface area (Å²) in [5.74, 6) is -0.358. The number of nitrogens with one attached hydrogen (secondary N) is 2. The number of urea groups is 1. The third kappa shape index (κ3) is 5.30. The molecule has 5 nitrogen and oxygen atoms in total. The van der Waals surface area contributed by atoms with Gasteiger partial charge in [0.2, 0.25) is 0 Å². The van der Waals surface area contributed by atoms with Crippen molar-refractivity contribution in [2.45, 2.75) is 19.0 Å². The molecule has 4 N–H and O–H groups in total. The largest absolute Gasteiger partial charge is 0.341 e. The van der Waals surface area contributed by atoms with Crippen LogP contribution in [0.15, 0.2) is 84.9 Å². The van der Waals surface area contributed by atoms with Crippen molar-refractivity contribution in [2.24, 2.45) is 0 Å². The van der Waals surface area contributed by atoms with Gasteiger partial charge in [0.25, 0.3) is 5.91 Å². The number of carbonyl (C=O) groups excluding carboxylic acids is 2. The molecule has 148 valence electrons. The van der Waals surface area contributed by atoms with Gasteiger partial charge in [0, 0.05) is 23.7 Å². The number of rotatable bonds is 6. The summed E-state index contributed by atoms with van der Waals surface area (Å²) in [5, 5.41) is 6.87. The minimum atomic E-state index is -0.583. The average molecular weight is 388 g/mol. The van der Waals surface area contributed by atoms with Gasteiger partial charge in [-0.15, -0.1) is 0 Å². The predicted molar refractivity (Wildman–Crippen MR) is 113 cm³/mol. The van der Waals surface area contributed by atoms with Crippen LogP contribution < -0.4 is 16.0 Å². The molecule has 0 aliphatic carbocycles. The second-order valence-corrected chi connectivity index (χ2v) is 6.95. The van der Waals surface area contributed by atoms with Gasteiger partial charge in [0.15, 0.2) is 6.04 Å². The van der Waals surface area contributed by atoms with E-state index >= 15 is 0 Å². The van der Waals surface area contributed by atoms with E-state index in [1.165, 1.54) is 12.6 Å². The molecule has 3 aromatic carbocycles. The molecule has 2 atom stereocenters. The summed E-state index contributed by atoms with van der Waals surface area (Å²) in [5.41, 5.74) is 4.19. The van der Waals surface area contributed by atoms with E-state index in [-0.39, 0.29) is 11.9 Å². The van der Waals surface area contributed by atoms with Crippen LogP contribution in [-0.4, -0.2) is 19.0 Å². The smallest absolute Gasteiger partial charge is 0.321 e. The van der Waals surface area contributed by atoms with Crippen LogP contribution in [0, 0.1) is 6.92 Å². The second kappa shape index (κ2) is 9.66. The molecular weight excluding hydrogens is 362 g/mol. The highest BCUT2D eigenvalue weighted by molar-refractivity contribution is 5.96. The molecule has 3 amide bonds. The fraction of sp³-hybridized carbons (Fsp3) is 0.167. The van der Waals surface area contributed by atoms with Crippen molar-refractivity contribution >= 4 is 11.9 Å². The van der Waals surface area contributed by atoms with E-state index < -0.39 is 12.1 Å². The highest BCUT2D eigenvalue weighted by Crippen LogP contribution is 2.21. The van der Waals surface area contributed by atoms with Crippen LogP contribution in [0.25, 0.3) is 0 Å². The van der Waals surface area contributed by atoms with E-state index in [9.17, 15) is 9.59 Å². The van der Waals surface area contributed by atoms with Gasteiger partial charge >= 0.3 is 6.03 Å². The van der Waals surface area contributed by atoms with Crippen LogP contribution in [0.3, 0.4) is 0 Å². The first-order valence-corrected chi connectivity index (χ1v) is 9.62. The molecule has 0 unspecified atom stereocenters. The summed E-state index contributed by atoms with van der Waals surface area (Å²) in [6, 6.07) is 26.7. The van der Waals surface area contributed by atoms with E-state index in [0.717, 1.165) is 16.7 Å². The molecule has 3 rings (SSSR count). The maximum atomic E-state index is 13.0. The van der Waals surface area contributed by atoms with Crippen LogP contribution in [0.4, 0.5) is 4.79 Å². The van der Waals surface area contributed by atoms with Gasteiger partial charge in [-0.2, -0.15) is 0 Å². The van der Waals surface area contributed by atoms with Crippen molar-refractivity contribution in [3.63, 3.8) is 0 Å². The summed E-state index contributed by atoms with van der Waals surface area (Å²) in [6.07, 6.45) is 0. The number of aryl methyl sites for hydroxylation is 1. The van der Waals surface area contributed by atoms with Gasteiger partial charge in [-0.25, -0.2) is 4.79 Å². The first-order chi connectivity index (χ1) is 14.1. The third-order valence-electron chi connectivity index (χ3n) is 4.89. The summed E-state index contributed by atoms with van der Waals surface area (Å²) in [7, 11) is 1.49. The number of imide groups is 1. The first kappa shape index (κ1) is 20.3. The Hall–Kier alpha value is -3.44. The predicted octanol–water partition coefficient (Wildman–Crippen LogP) is 2.84. The fourth-order valence-electron chi connectivity index (χ4n) is 3.30. The number of amides is 3. The Morgan fingerprint density at radius 2 is 1.28 bits per heavy atom. The molecule has 0 fully saturated rings. The number of nitrogens with two attached hydrogens (primary N) is 1. The summed E-state index contributed by atoms with van der Waals surface area (Å²) < 4.78 is 0.